The van der Waals surface area contributed by atoms with E-state index in [-0.39, 0.29) is 23.8 Å². The van der Waals surface area contributed by atoms with Gasteiger partial charge in [-0.25, -0.2) is 4.79 Å². The van der Waals surface area contributed by atoms with Gasteiger partial charge in [0.2, 0.25) is 0 Å². The van der Waals surface area contributed by atoms with Gasteiger partial charge in [0.05, 0.1) is 41.4 Å². The van der Waals surface area contributed by atoms with Gasteiger partial charge in [0.15, 0.2) is 0 Å². The number of hydrogen-bond donors (Lipinski definition) is 1. The van der Waals surface area contributed by atoms with Crippen molar-refractivity contribution in [2.45, 2.75) is 70.4 Å². The molecule has 1 aromatic heterocycles. The predicted molar refractivity (Wildman–Crippen MR) is 141 cm³/mol. The van der Waals surface area contributed by atoms with E-state index in [1.54, 1.807) is 23.4 Å². The molecular weight excluding hydrogens is 511 g/mol. The van der Waals surface area contributed by atoms with Gasteiger partial charge in [-0.1, -0.05) is 0 Å². The number of anilines is 2. The van der Waals surface area contributed by atoms with Crippen LogP contribution in [0.1, 0.15) is 57.6 Å². The fourth-order valence-electron chi connectivity index (χ4n) is 4.84. The largest absolute Gasteiger partial charge is 0.489 e. The standard InChI is InChI=1S/C28H34F3N5O3/c1-27(2,3)39-26(37)36-12-10-35(11-13-36)22-15-24(18-33-17-22)38-23-8-6-20(7-9-23)34-21-5-4-19(16-32)25(14-21)28(29,30)31/h4-5,14-15,17-18,20,23,34H,6-13H2,1-3H3. The van der Waals surface area contributed by atoms with Crippen molar-refractivity contribution >= 4 is 17.5 Å². The molecule has 0 spiro atoms. The molecule has 1 aliphatic heterocycles. The van der Waals surface area contributed by atoms with Crippen LogP contribution in [0.2, 0.25) is 0 Å². The van der Waals surface area contributed by atoms with Crippen molar-refractivity contribution in [1.82, 2.24) is 9.88 Å². The van der Waals surface area contributed by atoms with Crippen LogP contribution in [0.3, 0.4) is 0 Å². The zero-order chi connectivity index (χ0) is 28.2. The molecule has 210 valence electrons. The molecule has 1 saturated carbocycles. The summed E-state index contributed by atoms with van der Waals surface area (Å²) in [5.74, 6) is 0.667. The first kappa shape index (κ1) is 28.3. The summed E-state index contributed by atoms with van der Waals surface area (Å²) in [5.41, 5.74) is -0.557. The number of ether oxygens (including phenoxy) is 2. The average Bonchev–Trinajstić information content (AvgIpc) is 2.88. The summed E-state index contributed by atoms with van der Waals surface area (Å²) in [4.78, 5) is 20.5. The number of hydrogen-bond acceptors (Lipinski definition) is 7. The Morgan fingerprint density at radius 3 is 2.36 bits per heavy atom. The lowest BCUT2D eigenvalue weighted by molar-refractivity contribution is -0.137. The third-order valence-corrected chi connectivity index (χ3v) is 6.79. The Bertz CT molecular complexity index is 1190. The molecule has 1 amide bonds. The number of piperazine rings is 1. The maximum atomic E-state index is 13.3. The van der Waals surface area contributed by atoms with Crippen LogP contribution in [0.4, 0.5) is 29.3 Å². The maximum absolute atomic E-state index is 13.3. The fourth-order valence-corrected chi connectivity index (χ4v) is 4.84. The van der Waals surface area contributed by atoms with E-state index in [1.165, 1.54) is 12.1 Å². The molecule has 2 heterocycles. The highest BCUT2D eigenvalue weighted by Crippen LogP contribution is 2.34. The quantitative estimate of drug-likeness (QED) is 0.505. The second-order valence-electron chi connectivity index (χ2n) is 10.9. The molecule has 0 atom stereocenters. The highest BCUT2D eigenvalue weighted by molar-refractivity contribution is 5.68. The van der Waals surface area contributed by atoms with E-state index >= 15 is 0 Å². The van der Waals surface area contributed by atoms with E-state index in [4.69, 9.17) is 14.7 Å². The number of aromatic nitrogens is 1. The minimum Gasteiger partial charge on any atom is -0.489 e. The van der Waals surface area contributed by atoms with Crippen LogP contribution >= 0.6 is 0 Å². The number of rotatable bonds is 5. The number of nitriles is 1. The van der Waals surface area contributed by atoms with Crippen LogP contribution < -0.4 is 15.0 Å². The highest BCUT2D eigenvalue weighted by atomic mass is 19.4. The van der Waals surface area contributed by atoms with Crippen molar-refractivity contribution < 1.29 is 27.4 Å². The lowest BCUT2D eigenvalue weighted by atomic mass is 9.92. The Morgan fingerprint density at radius 1 is 1.05 bits per heavy atom. The van der Waals surface area contributed by atoms with Crippen molar-refractivity contribution in [2.24, 2.45) is 0 Å². The Labute approximate surface area is 226 Å². The Kier molecular flexibility index (Phi) is 8.42. The molecule has 4 rings (SSSR count). The molecule has 8 nitrogen and oxygen atoms in total. The summed E-state index contributed by atoms with van der Waals surface area (Å²) < 4.78 is 51.5. The monoisotopic (exact) mass is 545 g/mol. The maximum Gasteiger partial charge on any atom is 0.417 e. The molecule has 2 fully saturated rings. The van der Waals surface area contributed by atoms with E-state index < -0.39 is 17.3 Å². The smallest absolute Gasteiger partial charge is 0.417 e. The van der Waals surface area contributed by atoms with Crippen LogP contribution in [0, 0.1) is 11.3 Å². The van der Waals surface area contributed by atoms with Crippen molar-refractivity contribution in [2.75, 3.05) is 36.4 Å². The minimum absolute atomic E-state index is 0.0178. The van der Waals surface area contributed by atoms with E-state index in [0.29, 0.717) is 37.6 Å². The predicted octanol–water partition coefficient (Wildman–Crippen LogP) is 5.83. The van der Waals surface area contributed by atoms with Crippen LogP contribution in [0.15, 0.2) is 36.7 Å². The molecule has 1 saturated heterocycles. The second kappa shape index (κ2) is 11.6. The molecule has 11 heteroatoms. The van der Waals surface area contributed by atoms with Gasteiger partial charge >= 0.3 is 12.3 Å². The van der Waals surface area contributed by atoms with Crippen molar-refractivity contribution in [3.05, 3.63) is 47.8 Å². The number of benzene rings is 1. The molecule has 0 bridgehead atoms. The summed E-state index contributed by atoms with van der Waals surface area (Å²) in [6.07, 6.45) is 1.54. The zero-order valence-electron chi connectivity index (χ0n) is 22.4. The van der Waals surface area contributed by atoms with Crippen molar-refractivity contribution in [3.8, 4) is 11.8 Å². The van der Waals surface area contributed by atoms with Crippen LogP contribution in [-0.2, 0) is 10.9 Å². The Balaban J connectivity index is 1.27. The topological polar surface area (TPSA) is 90.7 Å². The summed E-state index contributed by atoms with van der Waals surface area (Å²) in [5, 5.41) is 12.2. The Hall–Kier alpha value is -3.68. The van der Waals surface area contributed by atoms with Gasteiger partial charge in [0, 0.05) is 44.0 Å². The molecule has 0 radical (unpaired) electrons. The molecule has 1 aromatic carbocycles. The van der Waals surface area contributed by atoms with Gasteiger partial charge in [-0.05, 0) is 64.7 Å². The molecular formula is C28H34F3N5O3. The van der Waals surface area contributed by atoms with E-state index in [2.05, 4.69) is 15.2 Å². The summed E-state index contributed by atoms with van der Waals surface area (Å²) in [6, 6.07) is 7.31. The second-order valence-corrected chi connectivity index (χ2v) is 10.9. The third kappa shape index (κ3) is 7.68. The molecule has 1 N–H and O–H groups in total. The average molecular weight is 546 g/mol. The van der Waals surface area contributed by atoms with Crippen molar-refractivity contribution in [1.29, 1.82) is 5.26 Å². The van der Waals surface area contributed by atoms with Gasteiger partial charge in [-0.15, -0.1) is 0 Å². The van der Waals surface area contributed by atoms with E-state index in [9.17, 15) is 18.0 Å². The van der Waals surface area contributed by atoms with Crippen LogP contribution in [-0.4, -0.2) is 59.9 Å². The first-order valence-electron chi connectivity index (χ1n) is 13.1. The molecule has 1 aliphatic carbocycles. The van der Waals surface area contributed by atoms with Gasteiger partial charge < -0.3 is 24.6 Å². The first-order valence-corrected chi connectivity index (χ1v) is 13.1. The van der Waals surface area contributed by atoms with Gasteiger partial charge in [-0.2, -0.15) is 18.4 Å². The summed E-state index contributed by atoms with van der Waals surface area (Å²) >= 11 is 0. The number of nitrogens with zero attached hydrogens (tertiary/aromatic N) is 4. The lowest BCUT2D eigenvalue weighted by Crippen LogP contribution is -2.50. The van der Waals surface area contributed by atoms with Crippen LogP contribution in [0.25, 0.3) is 0 Å². The number of amides is 1. The molecule has 2 aromatic rings. The normalized spacial score (nSPS) is 20.2. The SMILES string of the molecule is CC(C)(C)OC(=O)N1CCN(c2cncc(OC3CCC(Nc4ccc(C#N)c(C(F)(F)F)c4)CC3)c2)CC1. The minimum atomic E-state index is -4.58. The summed E-state index contributed by atoms with van der Waals surface area (Å²) in [6.45, 7) is 7.98. The summed E-state index contributed by atoms with van der Waals surface area (Å²) in [7, 11) is 0. The number of nitrogens with one attached hydrogen (secondary N) is 1. The Morgan fingerprint density at radius 2 is 1.74 bits per heavy atom. The van der Waals surface area contributed by atoms with Gasteiger partial charge in [-0.3, -0.25) is 4.98 Å². The van der Waals surface area contributed by atoms with Crippen LogP contribution in [0.5, 0.6) is 5.75 Å². The lowest BCUT2D eigenvalue weighted by Gasteiger charge is -2.36. The number of carbonyl (C=O) groups is 1. The third-order valence-electron chi connectivity index (χ3n) is 6.79. The number of carbonyl (C=O) groups excluding carboxylic acids is 1. The fraction of sp³-hybridized carbons (Fsp3) is 0.536. The first-order chi connectivity index (χ1) is 18.4. The van der Waals surface area contributed by atoms with Gasteiger partial charge in [0.25, 0.3) is 0 Å². The zero-order valence-corrected chi connectivity index (χ0v) is 22.4. The number of alkyl halides is 3. The van der Waals surface area contributed by atoms with E-state index in [1.807, 2.05) is 26.8 Å². The molecule has 2 aliphatic rings. The van der Waals surface area contributed by atoms with Crippen molar-refractivity contribution in [3.63, 3.8) is 0 Å². The molecule has 39 heavy (non-hydrogen) atoms. The number of halogens is 3. The van der Waals surface area contributed by atoms with Gasteiger partial charge in [0.1, 0.15) is 11.4 Å². The number of pyridine rings is 1. The molecule has 0 unspecified atom stereocenters. The highest BCUT2D eigenvalue weighted by Gasteiger charge is 2.34. The van der Waals surface area contributed by atoms with E-state index in [0.717, 1.165) is 37.4 Å².